The maximum atomic E-state index is 5.48. The third-order valence-electron chi connectivity index (χ3n) is 4.17. The van der Waals surface area contributed by atoms with Gasteiger partial charge in [0.2, 0.25) is 0 Å². The molecular weight excluding hydrogens is 286 g/mol. The Morgan fingerprint density at radius 1 is 0.783 bits per heavy atom. The summed E-state index contributed by atoms with van der Waals surface area (Å²) in [6.07, 6.45) is 1.86. The van der Waals surface area contributed by atoms with Crippen molar-refractivity contribution in [2.45, 2.75) is 0 Å². The molecule has 4 rings (SSSR count). The molecule has 1 saturated heterocycles. The number of hydrogen-bond acceptors (Lipinski definition) is 3. The van der Waals surface area contributed by atoms with E-state index in [1.807, 2.05) is 16.9 Å². The molecule has 116 valence electrons. The first-order valence-electron chi connectivity index (χ1n) is 7.95. The lowest BCUT2D eigenvalue weighted by Crippen LogP contribution is -2.36. The average Bonchev–Trinajstić information content (AvgIpc) is 3.13. The van der Waals surface area contributed by atoms with Crippen molar-refractivity contribution in [2.24, 2.45) is 0 Å². The monoisotopic (exact) mass is 305 g/mol. The van der Waals surface area contributed by atoms with Crippen LogP contribution >= 0.6 is 0 Å². The van der Waals surface area contributed by atoms with E-state index in [4.69, 9.17) is 4.74 Å². The molecule has 0 radical (unpaired) electrons. The molecule has 1 aliphatic rings. The molecule has 0 spiro atoms. The highest BCUT2D eigenvalue weighted by molar-refractivity contribution is 5.68. The molecule has 2 aromatic carbocycles. The van der Waals surface area contributed by atoms with Gasteiger partial charge in [-0.25, -0.2) is 4.68 Å². The largest absolute Gasteiger partial charge is 0.378 e. The Balaban J connectivity index is 1.79. The Morgan fingerprint density at radius 2 is 1.48 bits per heavy atom. The lowest BCUT2D eigenvalue weighted by Gasteiger charge is -2.30. The summed E-state index contributed by atoms with van der Waals surface area (Å²) in [4.78, 5) is 2.37. The highest BCUT2D eigenvalue weighted by Gasteiger charge is 2.17. The summed E-state index contributed by atoms with van der Waals surface area (Å²) in [6.45, 7) is 3.38. The van der Waals surface area contributed by atoms with E-state index >= 15 is 0 Å². The van der Waals surface area contributed by atoms with E-state index in [2.05, 4.69) is 64.6 Å². The van der Waals surface area contributed by atoms with E-state index in [0.29, 0.717) is 0 Å². The molecule has 1 aliphatic heterocycles. The van der Waals surface area contributed by atoms with Crippen LogP contribution in [0.25, 0.3) is 16.9 Å². The fourth-order valence-corrected chi connectivity index (χ4v) is 3.04. The first-order valence-corrected chi connectivity index (χ1v) is 7.95. The summed E-state index contributed by atoms with van der Waals surface area (Å²) in [7, 11) is 0. The van der Waals surface area contributed by atoms with Gasteiger partial charge in [-0.15, -0.1) is 0 Å². The smallest absolute Gasteiger partial charge is 0.0886 e. The van der Waals surface area contributed by atoms with E-state index in [-0.39, 0.29) is 0 Å². The van der Waals surface area contributed by atoms with Gasteiger partial charge >= 0.3 is 0 Å². The van der Waals surface area contributed by atoms with Crippen LogP contribution in [0.2, 0.25) is 0 Å². The molecule has 0 unspecified atom stereocenters. The molecule has 4 heteroatoms. The van der Waals surface area contributed by atoms with E-state index in [0.717, 1.165) is 37.7 Å². The van der Waals surface area contributed by atoms with Gasteiger partial charge < -0.3 is 9.64 Å². The zero-order valence-corrected chi connectivity index (χ0v) is 12.9. The third kappa shape index (κ3) is 2.73. The van der Waals surface area contributed by atoms with Gasteiger partial charge in [0, 0.05) is 18.7 Å². The highest BCUT2D eigenvalue weighted by atomic mass is 16.5. The Hall–Kier alpha value is -2.59. The fraction of sp³-hybridized carbons (Fsp3) is 0.211. The first-order chi connectivity index (χ1) is 11.4. The number of benzene rings is 2. The molecule has 1 aromatic heterocycles. The van der Waals surface area contributed by atoms with Gasteiger partial charge in [-0.3, -0.25) is 0 Å². The topological polar surface area (TPSA) is 30.3 Å². The number of aromatic nitrogens is 2. The van der Waals surface area contributed by atoms with E-state index in [1.165, 1.54) is 11.3 Å². The van der Waals surface area contributed by atoms with E-state index in [1.54, 1.807) is 0 Å². The Morgan fingerprint density at radius 3 is 2.26 bits per heavy atom. The van der Waals surface area contributed by atoms with E-state index in [9.17, 15) is 0 Å². The van der Waals surface area contributed by atoms with Crippen LogP contribution in [0.3, 0.4) is 0 Å². The molecule has 3 aromatic rings. The molecule has 1 fully saturated rings. The normalized spacial score (nSPS) is 14.9. The molecule has 0 bridgehead atoms. The Bertz CT molecular complexity index is 776. The summed E-state index contributed by atoms with van der Waals surface area (Å²) in [5.74, 6) is 0. The van der Waals surface area contributed by atoms with Gasteiger partial charge in [-0.05, 0) is 18.2 Å². The van der Waals surface area contributed by atoms with Crippen molar-refractivity contribution in [1.29, 1.82) is 0 Å². The van der Waals surface area contributed by atoms with Crippen molar-refractivity contribution in [2.75, 3.05) is 31.2 Å². The molecule has 0 aliphatic carbocycles. The molecule has 0 atom stereocenters. The van der Waals surface area contributed by atoms with Crippen LogP contribution in [0.1, 0.15) is 0 Å². The number of hydrogen-bond donors (Lipinski definition) is 0. The van der Waals surface area contributed by atoms with Crippen LogP contribution < -0.4 is 4.90 Å². The highest BCUT2D eigenvalue weighted by Crippen LogP contribution is 2.29. The van der Waals surface area contributed by atoms with Crippen LogP contribution in [-0.4, -0.2) is 36.1 Å². The zero-order valence-electron chi connectivity index (χ0n) is 12.9. The van der Waals surface area contributed by atoms with Gasteiger partial charge in [0.05, 0.1) is 36.5 Å². The number of anilines is 1. The van der Waals surface area contributed by atoms with Crippen LogP contribution in [0.4, 0.5) is 5.69 Å². The van der Waals surface area contributed by atoms with Crippen molar-refractivity contribution in [1.82, 2.24) is 9.78 Å². The minimum atomic E-state index is 0.777. The second kappa shape index (κ2) is 6.26. The number of rotatable bonds is 3. The SMILES string of the molecule is c1ccc(-c2ccnn2-c2ccccc2N2CCOCC2)cc1. The minimum absolute atomic E-state index is 0.777. The molecule has 23 heavy (non-hydrogen) atoms. The van der Waals surface area contributed by atoms with Crippen LogP contribution in [0.5, 0.6) is 0 Å². The lowest BCUT2D eigenvalue weighted by molar-refractivity contribution is 0.122. The second-order valence-corrected chi connectivity index (χ2v) is 5.58. The summed E-state index contributed by atoms with van der Waals surface area (Å²) < 4.78 is 7.51. The molecular formula is C19H19N3O. The fourth-order valence-electron chi connectivity index (χ4n) is 3.04. The predicted octanol–water partition coefficient (Wildman–Crippen LogP) is 3.38. The van der Waals surface area contributed by atoms with Gasteiger partial charge in [0.25, 0.3) is 0 Å². The lowest BCUT2D eigenvalue weighted by atomic mass is 10.1. The summed E-state index contributed by atoms with van der Waals surface area (Å²) >= 11 is 0. The Labute approximate surface area is 135 Å². The zero-order chi connectivity index (χ0) is 15.5. The molecule has 4 nitrogen and oxygen atoms in total. The van der Waals surface area contributed by atoms with Gasteiger partial charge in [-0.2, -0.15) is 5.10 Å². The second-order valence-electron chi connectivity index (χ2n) is 5.58. The van der Waals surface area contributed by atoms with Crippen molar-refractivity contribution in [3.63, 3.8) is 0 Å². The quantitative estimate of drug-likeness (QED) is 0.743. The van der Waals surface area contributed by atoms with Crippen LogP contribution in [-0.2, 0) is 4.74 Å². The first kappa shape index (κ1) is 14.0. The predicted molar refractivity (Wildman–Crippen MR) is 92.0 cm³/mol. The minimum Gasteiger partial charge on any atom is -0.378 e. The summed E-state index contributed by atoms with van der Waals surface area (Å²) in [6, 6.07) is 20.9. The molecule has 0 amide bonds. The van der Waals surface area contributed by atoms with Crippen molar-refractivity contribution < 1.29 is 4.74 Å². The molecule has 2 heterocycles. The number of nitrogens with zero attached hydrogens (tertiary/aromatic N) is 3. The standard InChI is InChI=1S/C19H19N3O/c1-2-6-16(7-3-1)17-10-11-20-22(17)19-9-5-4-8-18(19)21-12-14-23-15-13-21/h1-11H,12-15H2. The summed E-state index contributed by atoms with van der Waals surface area (Å²) in [5.41, 5.74) is 4.59. The van der Waals surface area contributed by atoms with Crippen molar-refractivity contribution in [3.05, 3.63) is 66.9 Å². The Kier molecular flexibility index (Phi) is 3.82. The summed E-state index contributed by atoms with van der Waals surface area (Å²) in [5, 5.41) is 4.58. The maximum absolute atomic E-state index is 5.48. The molecule has 0 N–H and O–H groups in total. The van der Waals surface area contributed by atoms with Gasteiger partial charge in [0.15, 0.2) is 0 Å². The van der Waals surface area contributed by atoms with Crippen LogP contribution in [0.15, 0.2) is 66.9 Å². The maximum Gasteiger partial charge on any atom is 0.0886 e. The van der Waals surface area contributed by atoms with Gasteiger partial charge in [0.1, 0.15) is 0 Å². The van der Waals surface area contributed by atoms with Crippen molar-refractivity contribution >= 4 is 5.69 Å². The van der Waals surface area contributed by atoms with Crippen LogP contribution in [0, 0.1) is 0 Å². The number of ether oxygens (including phenoxy) is 1. The number of morpholine rings is 1. The third-order valence-corrected chi connectivity index (χ3v) is 4.17. The van der Waals surface area contributed by atoms with E-state index < -0.39 is 0 Å². The molecule has 0 saturated carbocycles. The van der Waals surface area contributed by atoms with Gasteiger partial charge in [-0.1, -0.05) is 42.5 Å². The average molecular weight is 305 g/mol. The van der Waals surface area contributed by atoms with Crippen molar-refractivity contribution in [3.8, 4) is 16.9 Å². The number of para-hydroxylation sites is 2.